The first-order valence-electron chi connectivity index (χ1n) is 4.58. The van der Waals surface area contributed by atoms with Gasteiger partial charge in [-0.25, -0.2) is 0 Å². The molecule has 1 aromatic rings. The zero-order valence-electron chi connectivity index (χ0n) is 9.07. The molecule has 0 fully saturated rings. The molecule has 0 aliphatic heterocycles. The summed E-state index contributed by atoms with van der Waals surface area (Å²) in [5.74, 6) is 0.613. The maximum Gasteiger partial charge on any atom is 0.171 e. The van der Waals surface area contributed by atoms with Crippen LogP contribution in [0.4, 0.5) is 11.5 Å². The van der Waals surface area contributed by atoms with Crippen LogP contribution >= 0.6 is 0 Å². The summed E-state index contributed by atoms with van der Waals surface area (Å²) < 4.78 is 1.63. The lowest BCUT2D eigenvalue weighted by Gasteiger charge is -2.26. The van der Waals surface area contributed by atoms with Gasteiger partial charge in [-0.15, -0.1) is 0 Å². The lowest BCUT2D eigenvalue weighted by atomic mass is 10.0. The quantitative estimate of drug-likeness (QED) is 0.664. The molecule has 5 heteroatoms. The van der Waals surface area contributed by atoms with Gasteiger partial charge in [0.25, 0.3) is 0 Å². The van der Waals surface area contributed by atoms with E-state index in [2.05, 4.69) is 10.4 Å². The van der Waals surface area contributed by atoms with Crippen LogP contribution in [-0.2, 0) is 7.05 Å². The highest BCUT2D eigenvalue weighted by molar-refractivity contribution is 5.60. The van der Waals surface area contributed by atoms with Crippen molar-refractivity contribution in [2.75, 3.05) is 11.1 Å². The minimum atomic E-state index is -0.802. The second-order valence-electron chi connectivity index (χ2n) is 4.13. The SMILES string of the molecule is CC(Nc1nn(C)cc1N)C(C)(C)O. The van der Waals surface area contributed by atoms with Crippen molar-refractivity contribution in [2.24, 2.45) is 7.05 Å². The van der Waals surface area contributed by atoms with E-state index in [1.807, 2.05) is 6.92 Å². The smallest absolute Gasteiger partial charge is 0.171 e. The molecule has 1 aromatic heterocycles. The Kier molecular flexibility index (Phi) is 2.71. The number of hydrogen-bond acceptors (Lipinski definition) is 4. The molecule has 0 aliphatic carbocycles. The zero-order chi connectivity index (χ0) is 10.9. The van der Waals surface area contributed by atoms with Crippen LogP contribution < -0.4 is 11.1 Å². The highest BCUT2D eigenvalue weighted by atomic mass is 16.3. The third-order valence-electron chi connectivity index (χ3n) is 2.27. The van der Waals surface area contributed by atoms with E-state index in [-0.39, 0.29) is 6.04 Å². The van der Waals surface area contributed by atoms with Crippen LogP contribution in [0.3, 0.4) is 0 Å². The van der Waals surface area contributed by atoms with Crippen LogP contribution in [-0.4, -0.2) is 26.5 Å². The summed E-state index contributed by atoms with van der Waals surface area (Å²) in [6.07, 6.45) is 1.72. The summed E-state index contributed by atoms with van der Waals surface area (Å²) in [5.41, 5.74) is 5.49. The molecule has 1 heterocycles. The summed E-state index contributed by atoms with van der Waals surface area (Å²) in [7, 11) is 1.80. The molecule has 80 valence electrons. The molecule has 1 atom stereocenters. The number of rotatable bonds is 3. The van der Waals surface area contributed by atoms with Gasteiger partial charge in [0.1, 0.15) is 0 Å². The molecule has 14 heavy (non-hydrogen) atoms. The Balaban J connectivity index is 2.74. The fourth-order valence-corrected chi connectivity index (χ4v) is 1.00. The van der Waals surface area contributed by atoms with Crippen LogP contribution in [0.25, 0.3) is 0 Å². The van der Waals surface area contributed by atoms with Gasteiger partial charge >= 0.3 is 0 Å². The first kappa shape index (κ1) is 10.8. The van der Waals surface area contributed by atoms with Crippen molar-refractivity contribution < 1.29 is 5.11 Å². The van der Waals surface area contributed by atoms with Gasteiger partial charge in [0.15, 0.2) is 5.82 Å². The molecule has 0 amide bonds. The summed E-state index contributed by atoms with van der Waals surface area (Å²) in [6.45, 7) is 5.36. The largest absolute Gasteiger partial charge is 0.394 e. The Bertz CT molecular complexity index is 313. The lowest BCUT2D eigenvalue weighted by Crippen LogP contribution is -2.39. The molecular weight excluding hydrogens is 180 g/mol. The number of aryl methyl sites for hydroxylation is 1. The Morgan fingerprint density at radius 2 is 2.21 bits per heavy atom. The highest BCUT2D eigenvalue weighted by Crippen LogP contribution is 2.19. The van der Waals surface area contributed by atoms with Crippen LogP contribution in [0.5, 0.6) is 0 Å². The molecule has 4 N–H and O–H groups in total. The van der Waals surface area contributed by atoms with Crippen molar-refractivity contribution in [3.63, 3.8) is 0 Å². The number of nitrogens with one attached hydrogen (secondary N) is 1. The van der Waals surface area contributed by atoms with Gasteiger partial charge in [0.05, 0.1) is 17.3 Å². The zero-order valence-corrected chi connectivity index (χ0v) is 9.07. The van der Waals surface area contributed by atoms with E-state index in [0.29, 0.717) is 11.5 Å². The second kappa shape index (κ2) is 3.49. The van der Waals surface area contributed by atoms with Gasteiger partial charge in [-0.1, -0.05) is 0 Å². The van der Waals surface area contributed by atoms with Crippen molar-refractivity contribution in [1.82, 2.24) is 9.78 Å². The van der Waals surface area contributed by atoms with Crippen LogP contribution in [0.15, 0.2) is 6.20 Å². The number of nitrogens with zero attached hydrogens (tertiary/aromatic N) is 2. The maximum absolute atomic E-state index is 9.71. The Hall–Kier alpha value is -1.23. The minimum absolute atomic E-state index is 0.111. The molecule has 0 aliphatic rings. The molecule has 0 radical (unpaired) electrons. The minimum Gasteiger partial charge on any atom is -0.394 e. The number of nitrogens with two attached hydrogens (primary N) is 1. The number of anilines is 2. The standard InChI is InChI=1S/C9H18N4O/c1-6(9(2,3)14)11-8-7(10)5-13(4)12-8/h5-6,14H,10H2,1-4H3,(H,11,12). The van der Waals surface area contributed by atoms with E-state index in [9.17, 15) is 5.11 Å². The first-order chi connectivity index (χ1) is 6.30. The maximum atomic E-state index is 9.71. The molecule has 0 bridgehead atoms. The van der Waals surface area contributed by atoms with E-state index < -0.39 is 5.60 Å². The summed E-state index contributed by atoms with van der Waals surface area (Å²) in [4.78, 5) is 0. The summed E-state index contributed by atoms with van der Waals surface area (Å²) in [6, 6.07) is -0.111. The van der Waals surface area contributed by atoms with Crippen LogP contribution in [0.1, 0.15) is 20.8 Å². The molecule has 1 rings (SSSR count). The Morgan fingerprint density at radius 3 is 2.57 bits per heavy atom. The van der Waals surface area contributed by atoms with E-state index in [0.717, 1.165) is 0 Å². The van der Waals surface area contributed by atoms with E-state index in [4.69, 9.17) is 5.73 Å². The number of aliphatic hydroxyl groups is 1. The van der Waals surface area contributed by atoms with Gasteiger partial charge in [0.2, 0.25) is 0 Å². The average Bonchev–Trinajstić information content (AvgIpc) is 2.28. The monoisotopic (exact) mass is 198 g/mol. The third kappa shape index (κ3) is 2.38. The molecule has 0 saturated heterocycles. The van der Waals surface area contributed by atoms with Gasteiger partial charge < -0.3 is 16.2 Å². The molecule has 0 saturated carbocycles. The van der Waals surface area contributed by atoms with Gasteiger partial charge in [-0.05, 0) is 20.8 Å². The van der Waals surface area contributed by atoms with Gasteiger partial charge in [-0.3, -0.25) is 4.68 Å². The highest BCUT2D eigenvalue weighted by Gasteiger charge is 2.23. The molecular formula is C9H18N4O. The van der Waals surface area contributed by atoms with Gasteiger partial charge in [0, 0.05) is 13.2 Å². The normalized spacial score (nSPS) is 14.1. The van der Waals surface area contributed by atoms with Gasteiger partial charge in [-0.2, -0.15) is 5.10 Å². The Labute approximate surface area is 83.9 Å². The van der Waals surface area contributed by atoms with Crippen LogP contribution in [0, 0.1) is 0 Å². The van der Waals surface area contributed by atoms with E-state index in [1.165, 1.54) is 0 Å². The van der Waals surface area contributed by atoms with Crippen molar-refractivity contribution in [3.05, 3.63) is 6.20 Å². The van der Waals surface area contributed by atoms with E-state index in [1.54, 1.807) is 31.8 Å². The predicted molar refractivity (Wildman–Crippen MR) is 57.0 cm³/mol. The number of aromatic nitrogens is 2. The van der Waals surface area contributed by atoms with Crippen LogP contribution in [0.2, 0.25) is 0 Å². The number of hydrogen-bond donors (Lipinski definition) is 3. The Morgan fingerprint density at radius 1 is 1.64 bits per heavy atom. The van der Waals surface area contributed by atoms with Crippen molar-refractivity contribution in [3.8, 4) is 0 Å². The molecule has 0 spiro atoms. The fraction of sp³-hybridized carbons (Fsp3) is 0.667. The lowest BCUT2D eigenvalue weighted by molar-refractivity contribution is 0.0648. The predicted octanol–water partition coefficient (Wildman–Crippen LogP) is 0.574. The second-order valence-corrected chi connectivity index (χ2v) is 4.13. The van der Waals surface area contributed by atoms with Crippen molar-refractivity contribution >= 4 is 11.5 Å². The fourth-order valence-electron chi connectivity index (χ4n) is 1.00. The van der Waals surface area contributed by atoms with Crippen molar-refractivity contribution in [1.29, 1.82) is 0 Å². The molecule has 5 nitrogen and oxygen atoms in total. The third-order valence-corrected chi connectivity index (χ3v) is 2.27. The molecule has 1 unspecified atom stereocenters. The topological polar surface area (TPSA) is 76.1 Å². The van der Waals surface area contributed by atoms with E-state index >= 15 is 0 Å². The summed E-state index contributed by atoms with van der Waals surface area (Å²) >= 11 is 0. The molecule has 0 aromatic carbocycles. The number of nitrogen functional groups attached to an aromatic ring is 1. The first-order valence-corrected chi connectivity index (χ1v) is 4.58. The average molecular weight is 198 g/mol. The van der Waals surface area contributed by atoms with Crippen molar-refractivity contribution in [2.45, 2.75) is 32.4 Å². The summed E-state index contributed by atoms with van der Waals surface area (Å²) in [5, 5.41) is 16.9.